The van der Waals surface area contributed by atoms with E-state index in [2.05, 4.69) is 21.2 Å². The highest BCUT2D eigenvalue weighted by molar-refractivity contribution is 9.09. The number of hydrogen-bond acceptors (Lipinski definition) is 1. The second kappa shape index (κ2) is 5.95. The molecule has 0 rings (SSSR count). The third kappa shape index (κ3) is 8.81. The van der Waals surface area contributed by atoms with Crippen molar-refractivity contribution in [2.24, 2.45) is 0 Å². The second-order valence-electron chi connectivity index (χ2n) is 3.97. The molecule has 0 heterocycles. The van der Waals surface area contributed by atoms with Gasteiger partial charge in [0.25, 0.3) is 0 Å². The summed E-state index contributed by atoms with van der Waals surface area (Å²) in [5.74, 6) is 0. The molecule has 14 heavy (non-hydrogen) atoms. The molecule has 0 bridgehead atoms. The van der Waals surface area contributed by atoms with Crippen LogP contribution in [0.5, 0.6) is 0 Å². The number of rotatable bonds is 6. The minimum atomic E-state index is -4.03. The van der Waals surface area contributed by atoms with Crippen molar-refractivity contribution >= 4 is 15.9 Å². The van der Waals surface area contributed by atoms with Crippen LogP contribution in [0.25, 0.3) is 0 Å². The van der Waals surface area contributed by atoms with Crippen LogP contribution in [0.3, 0.4) is 0 Å². The van der Waals surface area contributed by atoms with Crippen molar-refractivity contribution in [1.82, 2.24) is 5.32 Å². The minimum Gasteiger partial charge on any atom is -0.312 e. The van der Waals surface area contributed by atoms with Crippen LogP contribution in [0.1, 0.15) is 33.1 Å². The van der Waals surface area contributed by atoms with E-state index in [0.29, 0.717) is 6.54 Å². The highest BCUT2D eigenvalue weighted by Gasteiger charge is 2.26. The van der Waals surface area contributed by atoms with Gasteiger partial charge in [-0.15, -0.1) is 0 Å². The van der Waals surface area contributed by atoms with Crippen molar-refractivity contribution in [1.29, 1.82) is 0 Å². The standard InChI is InChI=1S/C9H17BrF3N/c1-8(2,5-6-10)14-7-3-4-9(11,12)13/h14H,3-7H2,1-2H3. The molecule has 0 aromatic heterocycles. The van der Waals surface area contributed by atoms with E-state index in [1.165, 1.54) is 0 Å². The highest BCUT2D eigenvalue weighted by Crippen LogP contribution is 2.21. The minimum absolute atomic E-state index is 0.0882. The molecule has 1 N–H and O–H groups in total. The summed E-state index contributed by atoms with van der Waals surface area (Å²) < 4.78 is 35.4. The number of halogens is 4. The Kier molecular flexibility index (Phi) is 6.05. The average molecular weight is 276 g/mol. The molecule has 0 unspecified atom stereocenters. The topological polar surface area (TPSA) is 12.0 Å². The van der Waals surface area contributed by atoms with E-state index in [0.717, 1.165) is 11.8 Å². The van der Waals surface area contributed by atoms with E-state index in [4.69, 9.17) is 0 Å². The largest absolute Gasteiger partial charge is 0.389 e. The fourth-order valence-corrected chi connectivity index (χ4v) is 2.03. The molecule has 0 aliphatic carbocycles. The lowest BCUT2D eigenvalue weighted by molar-refractivity contribution is -0.135. The van der Waals surface area contributed by atoms with Crippen LogP contribution in [0.15, 0.2) is 0 Å². The van der Waals surface area contributed by atoms with Crippen LogP contribution in [0.4, 0.5) is 13.2 Å². The Labute approximate surface area is 91.6 Å². The number of nitrogens with one attached hydrogen (secondary N) is 1. The Morgan fingerprint density at radius 3 is 2.14 bits per heavy atom. The predicted octanol–water partition coefficient (Wildman–Crippen LogP) is 3.48. The van der Waals surface area contributed by atoms with Crippen LogP contribution in [-0.2, 0) is 0 Å². The van der Waals surface area contributed by atoms with Gasteiger partial charge in [0.1, 0.15) is 0 Å². The summed E-state index contributed by atoms with van der Waals surface area (Å²) in [5, 5.41) is 3.96. The third-order valence-corrected chi connectivity index (χ3v) is 2.36. The van der Waals surface area contributed by atoms with Gasteiger partial charge in [-0.05, 0) is 33.2 Å². The maximum atomic E-state index is 11.8. The lowest BCUT2D eigenvalue weighted by Gasteiger charge is -2.25. The van der Waals surface area contributed by atoms with E-state index >= 15 is 0 Å². The summed E-state index contributed by atoms with van der Waals surface area (Å²) in [6.07, 6.45) is -3.68. The van der Waals surface area contributed by atoms with E-state index in [1.807, 2.05) is 13.8 Å². The fraction of sp³-hybridized carbons (Fsp3) is 1.00. The van der Waals surface area contributed by atoms with Crippen molar-refractivity contribution in [3.8, 4) is 0 Å². The molecule has 0 aromatic rings. The Balaban J connectivity index is 3.54. The summed E-state index contributed by atoms with van der Waals surface area (Å²) in [7, 11) is 0. The number of alkyl halides is 4. The van der Waals surface area contributed by atoms with Gasteiger partial charge in [-0.25, -0.2) is 0 Å². The average Bonchev–Trinajstić information content (AvgIpc) is 1.96. The van der Waals surface area contributed by atoms with Crippen molar-refractivity contribution < 1.29 is 13.2 Å². The summed E-state index contributed by atoms with van der Waals surface area (Å²) in [4.78, 5) is 0. The first-order chi connectivity index (χ1) is 6.27. The highest BCUT2D eigenvalue weighted by atomic mass is 79.9. The van der Waals surface area contributed by atoms with Gasteiger partial charge < -0.3 is 5.32 Å². The molecule has 5 heteroatoms. The van der Waals surface area contributed by atoms with Gasteiger partial charge in [0.15, 0.2) is 0 Å². The molecule has 0 aromatic carbocycles. The first-order valence-corrected chi connectivity index (χ1v) is 5.77. The van der Waals surface area contributed by atoms with E-state index in [-0.39, 0.29) is 12.0 Å². The summed E-state index contributed by atoms with van der Waals surface area (Å²) in [5.41, 5.74) is -0.0882. The van der Waals surface area contributed by atoms with Crippen LogP contribution in [0, 0.1) is 0 Å². The van der Waals surface area contributed by atoms with Crippen molar-refractivity contribution in [2.45, 2.75) is 44.8 Å². The summed E-state index contributed by atoms with van der Waals surface area (Å²) >= 11 is 3.31. The Morgan fingerprint density at radius 1 is 1.14 bits per heavy atom. The quantitative estimate of drug-likeness (QED) is 0.578. The molecule has 0 aliphatic heterocycles. The maximum Gasteiger partial charge on any atom is 0.389 e. The molecular weight excluding hydrogens is 259 g/mol. The van der Waals surface area contributed by atoms with Gasteiger partial charge in [0, 0.05) is 17.3 Å². The van der Waals surface area contributed by atoms with Gasteiger partial charge in [-0.2, -0.15) is 13.2 Å². The molecule has 0 saturated carbocycles. The molecule has 1 nitrogen and oxygen atoms in total. The second-order valence-corrected chi connectivity index (χ2v) is 4.76. The molecule has 0 fully saturated rings. The predicted molar refractivity (Wildman–Crippen MR) is 55.8 cm³/mol. The van der Waals surface area contributed by atoms with Crippen LogP contribution in [-0.4, -0.2) is 23.6 Å². The van der Waals surface area contributed by atoms with Gasteiger partial charge >= 0.3 is 6.18 Å². The van der Waals surface area contributed by atoms with E-state index in [1.54, 1.807) is 0 Å². The van der Waals surface area contributed by atoms with Gasteiger partial charge in [-0.1, -0.05) is 15.9 Å². The molecule has 0 aliphatic rings. The Morgan fingerprint density at radius 2 is 1.71 bits per heavy atom. The van der Waals surface area contributed by atoms with Crippen LogP contribution in [0.2, 0.25) is 0 Å². The van der Waals surface area contributed by atoms with Gasteiger partial charge in [-0.3, -0.25) is 0 Å². The van der Waals surface area contributed by atoms with E-state index in [9.17, 15) is 13.2 Å². The lowest BCUT2D eigenvalue weighted by Crippen LogP contribution is -2.40. The lowest BCUT2D eigenvalue weighted by atomic mass is 10.0. The maximum absolute atomic E-state index is 11.8. The molecule has 86 valence electrons. The monoisotopic (exact) mass is 275 g/mol. The normalized spacial score (nSPS) is 13.3. The summed E-state index contributed by atoms with van der Waals surface area (Å²) in [6, 6.07) is 0. The molecule has 0 atom stereocenters. The van der Waals surface area contributed by atoms with Crippen molar-refractivity contribution in [3.63, 3.8) is 0 Å². The molecular formula is C9H17BrF3N. The molecule has 0 spiro atoms. The summed E-state index contributed by atoms with van der Waals surface area (Å²) in [6.45, 7) is 4.39. The van der Waals surface area contributed by atoms with Gasteiger partial charge in [0.05, 0.1) is 0 Å². The van der Waals surface area contributed by atoms with Crippen LogP contribution >= 0.6 is 15.9 Å². The first-order valence-electron chi connectivity index (χ1n) is 4.64. The van der Waals surface area contributed by atoms with Crippen molar-refractivity contribution in [3.05, 3.63) is 0 Å². The van der Waals surface area contributed by atoms with Gasteiger partial charge in [0.2, 0.25) is 0 Å². The molecule has 0 radical (unpaired) electrons. The zero-order valence-corrected chi connectivity index (χ0v) is 10.1. The Hall–Kier alpha value is 0.230. The molecule has 0 amide bonds. The zero-order chi connectivity index (χ0) is 11.2. The fourth-order valence-electron chi connectivity index (χ4n) is 1.04. The van der Waals surface area contributed by atoms with E-state index < -0.39 is 12.6 Å². The smallest absolute Gasteiger partial charge is 0.312 e. The molecule has 0 saturated heterocycles. The first kappa shape index (κ1) is 14.2. The zero-order valence-electron chi connectivity index (χ0n) is 8.55. The third-order valence-electron chi connectivity index (χ3n) is 1.96. The van der Waals surface area contributed by atoms with Crippen LogP contribution < -0.4 is 5.32 Å². The Bertz CT molecular complexity index is 157. The number of hydrogen-bond donors (Lipinski definition) is 1. The SMILES string of the molecule is CC(C)(CCBr)NCCCC(F)(F)F. The van der Waals surface area contributed by atoms with Crippen molar-refractivity contribution in [2.75, 3.05) is 11.9 Å².